The second-order valence-electron chi connectivity index (χ2n) is 8.88. The fraction of sp³-hybridized carbons (Fsp3) is 0.462. The number of urea groups is 1. The molecule has 0 bridgehead atoms. The molecule has 2 aliphatic rings. The van der Waals surface area contributed by atoms with Crippen molar-refractivity contribution in [2.45, 2.75) is 50.2 Å². The molecule has 0 radical (unpaired) electrons. The minimum atomic E-state index is -0.805. The van der Waals surface area contributed by atoms with E-state index in [-0.39, 0.29) is 50.3 Å². The number of fused-ring (bicyclic) bond motifs is 1. The molecule has 2 saturated heterocycles. The Morgan fingerprint density at radius 2 is 1.86 bits per heavy atom. The molecule has 2 fully saturated rings. The highest BCUT2D eigenvalue weighted by atomic mass is 16.5. The molecule has 0 aromatic heterocycles. The number of β-amino-alcohol motifs (C(OH)–C–C–N with tert-alkyl or cyclic N) is 1. The minimum absolute atomic E-state index is 0.0785. The molecule has 0 spiro atoms. The van der Waals surface area contributed by atoms with E-state index in [1.165, 1.54) is 0 Å². The molecule has 3 N–H and O–H groups in total. The van der Waals surface area contributed by atoms with Gasteiger partial charge in [-0.1, -0.05) is 42.5 Å². The van der Waals surface area contributed by atoms with Crippen LogP contribution in [0, 0.1) is 0 Å². The topological polar surface area (TPSA) is 109 Å². The van der Waals surface area contributed by atoms with E-state index in [2.05, 4.69) is 10.6 Å². The number of methoxy groups -OCH3 is 1. The number of aliphatic hydroxyl groups is 1. The first kappa shape index (κ1) is 25.0. The van der Waals surface area contributed by atoms with Gasteiger partial charge in [0.1, 0.15) is 11.9 Å². The molecule has 2 heterocycles. The fourth-order valence-corrected chi connectivity index (χ4v) is 4.58. The first-order valence-electron chi connectivity index (χ1n) is 12.0. The fourth-order valence-electron chi connectivity index (χ4n) is 4.58. The maximum absolute atomic E-state index is 13.3. The Morgan fingerprint density at radius 3 is 2.66 bits per heavy atom. The number of ether oxygens (including phenoxy) is 3. The Morgan fingerprint density at radius 1 is 1.09 bits per heavy atom. The molecule has 2 aromatic rings. The first-order valence-corrected chi connectivity index (χ1v) is 12.0. The number of benzene rings is 2. The monoisotopic (exact) mass is 483 g/mol. The number of hydrogen-bond acceptors (Lipinski definition) is 6. The summed E-state index contributed by atoms with van der Waals surface area (Å²) in [5.74, 6) is 0.472. The van der Waals surface area contributed by atoms with Crippen LogP contribution in [-0.4, -0.2) is 73.2 Å². The van der Waals surface area contributed by atoms with Gasteiger partial charge < -0.3 is 34.9 Å². The minimum Gasteiger partial charge on any atom is -0.495 e. The Bertz CT molecular complexity index is 988. The molecule has 4 atom stereocenters. The van der Waals surface area contributed by atoms with Crippen LogP contribution in [0.2, 0.25) is 0 Å². The zero-order valence-corrected chi connectivity index (χ0v) is 19.9. The van der Waals surface area contributed by atoms with Crippen molar-refractivity contribution in [3.8, 4) is 5.75 Å². The first-order chi connectivity index (χ1) is 17.0. The molecular weight excluding hydrogens is 450 g/mol. The van der Waals surface area contributed by atoms with Crippen molar-refractivity contribution >= 4 is 17.6 Å². The van der Waals surface area contributed by atoms with E-state index < -0.39 is 12.2 Å². The number of rotatable bonds is 6. The van der Waals surface area contributed by atoms with Crippen molar-refractivity contribution in [3.63, 3.8) is 0 Å². The summed E-state index contributed by atoms with van der Waals surface area (Å²) in [6, 6.07) is 16.3. The summed E-state index contributed by atoms with van der Waals surface area (Å²) in [6.07, 6.45) is 0.0311. The lowest BCUT2D eigenvalue weighted by Gasteiger charge is -2.44. The molecule has 0 unspecified atom stereocenters. The third-order valence-corrected chi connectivity index (χ3v) is 6.34. The number of aliphatic hydroxyl groups excluding tert-OH is 1. The number of nitrogens with one attached hydrogen (secondary N) is 2. The predicted octanol–water partition coefficient (Wildman–Crippen LogP) is 2.54. The third-order valence-electron chi connectivity index (χ3n) is 6.34. The summed E-state index contributed by atoms with van der Waals surface area (Å²) >= 11 is 0. The smallest absolute Gasteiger partial charge is 0.322 e. The van der Waals surface area contributed by atoms with Gasteiger partial charge in [-0.3, -0.25) is 4.79 Å². The van der Waals surface area contributed by atoms with Crippen LogP contribution in [0.1, 0.15) is 24.8 Å². The SMILES string of the molecule is COc1ccccc1NC(=O)N1C[C@H](O)COC[C@@H]2O[C@H](CC(=O)NCc3ccccc3)CC[C@H]21. The Kier molecular flexibility index (Phi) is 8.57. The van der Waals surface area contributed by atoms with Crippen LogP contribution in [0.25, 0.3) is 0 Å². The van der Waals surface area contributed by atoms with Crippen LogP contribution in [-0.2, 0) is 20.8 Å². The summed E-state index contributed by atoms with van der Waals surface area (Å²) in [6.45, 7) is 0.930. The largest absolute Gasteiger partial charge is 0.495 e. The van der Waals surface area contributed by atoms with Gasteiger partial charge in [0.15, 0.2) is 0 Å². The molecule has 0 aliphatic carbocycles. The zero-order chi connectivity index (χ0) is 24.6. The molecule has 2 aromatic carbocycles. The molecule has 0 saturated carbocycles. The van der Waals surface area contributed by atoms with E-state index in [1.54, 1.807) is 24.1 Å². The van der Waals surface area contributed by atoms with Crippen molar-refractivity contribution in [1.29, 1.82) is 0 Å². The van der Waals surface area contributed by atoms with E-state index in [1.807, 2.05) is 42.5 Å². The highest BCUT2D eigenvalue weighted by Crippen LogP contribution is 2.29. The van der Waals surface area contributed by atoms with Crippen LogP contribution in [0.15, 0.2) is 54.6 Å². The second kappa shape index (κ2) is 12.0. The van der Waals surface area contributed by atoms with Crippen LogP contribution in [0.5, 0.6) is 5.75 Å². The highest BCUT2D eigenvalue weighted by molar-refractivity contribution is 5.91. The summed E-state index contributed by atoms with van der Waals surface area (Å²) in [7, 11) is 1.54. The average Bonchev–Trinajstić information content (AvgIpc) is 2.86. The number of para-hydroxylation sites is 2. The molecule has 4 rings (SSSR count). The maximum Gasteiger partial charge on any atom is 0.322 e. The molecule has 188 valence electrons. The van der Waals surface area contributed by atoms with Crippen molar-refractivity contribution in [2.24, 2.45) is 0 Å². The van der Waals surface area contributed by atoms with E-state index in [0.717, 1.165) is 5.56 Å². The second-order valence-corrected chi connectivity index (χ2v) is 8.88. The zero-order valence-electron chi connectivity index (χ0n) is 19.9. The van der Waals surface area contributed by atoms with Gasteiger partial charge in [-0.25, -0.2) is 4.79 Å². The summed E-state index contributed by atoms with van der Waals surface area (Å²) in [4.78, 5) is 27.4. The van der Waals surface area contributed by atoms with Gasteiger partial charge in [-0.05, 0) is 30.5 Å². The molecule has 3 amide bonds. The van der Waals surface area contributed by atoms with Crippen LogP contribution < -0.4 is 15.4 Å². The van der Waals surface area contributed by atoms with E-state index in [9.17, 15) is 14.7 Å². The van der Waals surface area contributed by atoms with Gasteiger partial charge in [0.05, 0.1) is 57.2 Å². The van der Waals surface area contributed by atoms with Crippen LogP contribution in [0.3, 0.4) is 0 Å². The number of amides is 3. The number of nitrogens with zero attached hydrogens (tertiary/aromatic N) is 1. The van der Waals surface area contributed by atoms with Crippen molar-refractivity contribution < 1.29 is 28.9 Å². The van der Waals surface area contributed by atoms with E-state index >= 15 is 0 Å². The van der Waals surface area contributed by atoms with Gasteiger partial charge in [-0.2, -0.15) is 0 Å². The molecule has 9 nitrogen and oxygen atoms in total. The maximum atomic E-state index is 13.3. The lowest BCUT2D eigenvalue weighted by atomic mass is 9.95. The number of carbonyl (C=O) groups excluding carboxylic acids is 2. The lowest BCUT2D eigenvalue weighted by Crippen LogP contribution is -2.58. The number of hydrogen-bond donors (Lipinski definition) is 3. The third kappa shape index (κ3) is 6.72. The van der Waals surface area contributed by atoms with Gasteiger partial charge >= 0.3 is 6.03 Å². The molecule has 35 heavy (non-hydrogen) atoms. The molecule has 9 heteroatoms. The Labute approximate surface area is 205 Å². The van der Waals surface area contributed by atoms with Crippen molar-refractivity contribution in [3.05, 3.63) is 60.2 Å². The van der Waals surface area contributed by atoms with Crippen molar-refractivity contribution in [2.75, 3.05) is 32.2 Å². The normalized spacial score (nSPS) is 24.5. The Balaban J connectivity index is 1.38. The summed E-state index contributed by atoms with van der Waals surface area (Å²) in [5, 5.41) is 16.2. The summed E-state index contributed by atoms with van der Waals surface area (Å²) in [5.41, 5.74) is 1.59. The quantitative estimate of drug-likeness (QED) is 0.583. The van der Waals surface area contributed by atoms with E-state index in [0.29, 0.717) is 30.8 Å². The van der Waals surface area contributed by atoms with Crippen LogP contribution in [0.4, 0.5) is 10.5 Å². The predicted molar refractivity (Wildman–Crippen MR) is 130 cm³/mol. The number of anilines is 1. The van der Waals surface area contributed by atoms with Gasteiger partial charge in [0.2, 0.25) is 5.91 Å². The Hall–Kier alpha value is -3.14. The van der Waals surface area contributed by atoms with E-state index in [4.69, 9.17) is 14.2 Å². The van der Waals surface area contributed by atoms with Crippen LogP contribution >= 0.6 is 0 Å². The standard InChI is InChI=1S/C26H33N3O6/c1-33-23-10-6-5-9-21(23)28-26(32)29-15-19(30)16-34-17-24-22(29)12-11-20(35-24)13-25(31)27-14-18-7-3-2-4-8-18/h2-10,19-20,22,24,30H,11-17H2,1H3,(H,27,31)(H,28,32)/t19-,20-,22+,24-/m0/s1. The van der Waals surface area contributed by atoms with Gasteiger partial charge in [-0.15, -0.1) is 0 Å². The molecular formula is C26H33N3O6. The average molecular weight is 484 g/mol. The van der Waals surface area contributed by atoms with Gasteiger partial charge in [0.25, 0.3) is 0 Å². The van der Waals surface area contributed by atoms with Gasteiger partial charge in [0, 0.05) is 6.54 Å². The van der Waals surface area contributed by atoms with Crippen molar-refractivity contribution in [1.82, 2.24) is 10.2 Å². The summed E-state index contributed by atoms with van der Waals surface area (Å²) < 4.78 is 17.2. The highest BCUT2D eigenvalue weighted by Gasteiger charge is 2.40. The number of carbonyl (C=O) groups is 2. The molecule has 2 aliphatic heterocycles. The lowest BCUT2D eigenvalue weighted by molar-refractivity contribution is -0.149.